The molecule has 0 bridgehead atoms. The Labute approximate surface area is 97.8 Å². The number of rotatable bonds is 3. The number of nitrogens with one attached hydrogen (secondary N) is 1. The number of furan rings is 1. The Kier molecular flexibility index (Phi) is 3.36. The fourth-order valence-electron chi connectivity index (χ4n) is 2.65. The highest BCUT2D eigenvalue weighted by Crippen LogP contribution is 2.21. The van der Waals surface area contributed by atoms with E-state index in [1.54, 1.807) is 6.26 Å². The molecule has 0 aliphatic carbocycles. The molecule has 1 N–H and O–H groups in total. The second-order valence-corrected chi connectivity index (χ2v) is 5.32. The molecule has 1 saturated heterocycles. The number of piperazine rings is 1. The minimum Gasteiger partial charge on any atom is -0.469 e. The minimum atomic E-state index is 0.240. The molecule has 0 aromatic carbocycles. The Bertz CT molecular complexity index is 319. The summed E-state index contributed by atoms with van der Waals surface area (Å²) >= 11 is 0. The lowest BCUT2D eigenvalue weighted by molar-refractivity contribution is 0.0503. The van der Waals surface area contributed by atoms with E-state index < -0.39 is 0 Å². The van der Waals surface area contributed by atoms with Gasteiger partial charge in [-0.1, -0.05) is 0 Å². The maximum Gasteiger partial charge on any atom is 0.105 e. The summed E-state index contributed by atoms with van der Waals surface area (Å²) in [6, 6.07) is 4.56. The third-order valence-corrected chi connectivity index (χ3v) is 3.47. The molecule has 16 heavy (non-hydrogen) atoms. The highest BCUT2D eigenvalue weighted by molar-refractivity contribution is 5.02. The number of hydrogen-bond acceptors (Lipinski definition) is 3. The summed E-state index contributed by atoms with van der Waals surface area (Å²) in [7, 11) is 0. The van der Waals surface area contributed by atoms with Crippen molar-refractivity contribution in [2.24, 2.45) is 0 Å². The largest absolute Gasteiger partial charge is 0.469 e. The molecule has 1 unspecified atom stereocenters. The van der Waals surface area contributed by atoms with Crippen LogP contribution < -0.4 is 5.32 Å². The van der Waals surface area contributed by atoms with Crippen LogP contribution in [0.25, 0.3) is 0 Å². The first-order valence-corrected chi connectivity index (χ1v) is 6.09. The molecular weight excluding hydrogens is 200 g/mol. The Morgan fingerprint density at radius 1 is 1.56 bits per heavy atom. The highest BCUT2D eigenvalue weighted by atomic mass is 16.3. The van der Waals surface area contributed by atoms with Gasteiger partial charge in [-0.3, -0.25) is 4.90 Å². The highest BCUT2D eigenvalue weighted by Gasteiger charge is 2.32. The van der Waals surface area contributed by atoms with Crippen LogP contribution >= 0.6 is 0 Å². The van der Waals surface area contributed by atoms with Gasteiger partial charge in [0.05, 0.1) is 6.26 Å². The topological polar surface area (TPSA) is 28.4 Å². The summed E-state index contributed by atoms with van der Waals surface area (Å²) in [6.45, 7) is 10.2. The van der Waals surface area contributed by atoms with Gasteiger partial charge in [0.15, 0.2) is 0 Å². The van der Waals surface area contributed by atoms with Gasteiger partial charge in [0.2, 0.25) is 0 Å². The number of nitrogens with zero attached hydrogens (tertiary/aromatic N) is 1. The zero-order valence-electron chi connectivity index (χ0n) is 10.5. The fourth-order valence-corrected chi connectivity index (χ4v) is 2.65. The van der Waals surface area contributed by atoms with Crippen LogP contribution in [0.15, 0.2) is 22.8 Å². The monoisotopic (exact) mass is 222 g/mol. The lowest BCUT2D eigenvalue weighted by Crippen LogP contribution is -2.60. The van der Waals surface area contributed by atoms with Gasteiger partial charge in [-0.25, -0.2) is 0 Å². The molecule has 2 rings (SSSR count). The maximum atomic E-state index is 5.42. The molecule has 3 nitrogen and oxygen atoms in total. The van der Waals surface area contributed by atoms with Crippen molar-refractivity contribution in [2.75, 3.05) is 19.6 Å². The van der Waals surface area contributed by atoms with Crippen molar-refractivity contribution in [2.45, 2.75) is 38.8 Å². The summed E-state index contributed by atoms with van der Waals surface area (Å²) in [5.41, 5.74) is 0.240. The predicted octanol–water partition coefficient (Wildman–Crippen LogP) is 1.89. The van der Waals surface area contributed by atoms with Crippen LogP contribution in [-0.4, -0.2) is 36.1 Å². The third-order valence-electron chi connectivity index (χ3n) is 3.47. The van der Waals surface area contributed by atoms with E-state index in [2.05, 4.69) is 37.1 Å². The Morgan fingerprint density at radius 3 is 3.00 bits per heavy atom. The number of hydrogen-bond donors (Lipinski definition) is 1. The molecule has 1 aromatic heterocycles. The van der Waals surface area contributed by atoms with E-state index in [0.717, 1.165) is 31.8 Å². The van der Waals surface area contributed by atoms with Gasteiger partial charge in [-0.2, -0.15) is 0 Å². The van der Waals surface area contributed by atoms with Crippen LogP contribution in [0, 0.1) is 0 Å². The van der Waals surface area contributed by atoms with Crippen LogP contribution in [-0.2, 0) is 6.42 Å². The van der Waals surface area contributed by atoms with Crippen molar-refractivity contribution in [1.29, 1.82) is 0 Å². The second kappa shape index (κ2) is 4.60. The summed E-state index contributed by atoms with van der Waals surface area (Å²) in [5.74, 6) is 1.09. The van der Waals surface area contributed by atoms with Crippen molar-refractivity contribution >= 4 is 0 Å². The molecule has 0 amide bonds. The summed E-state index contributed by atoms with van der Waals surface area (Å²) < 4.78 is 5.42. The summed E-state index contributed by atoms with van der Waals surface area (Å²) in [6.07, 6.45) is 2.75. The lowest BCUT2D eigenvalue weighted by Gasteiger charge is -2.46. The van der Waals surface area contributed by atoms with Gasteiger partial charge in [-0.15, -0.1) is 0 Å². The molecule has 1 aliphatic rings. The lowest BCUT2D eigenvalue weighted by atomic mass is 9.96. The summed E-state index contributed by atoms with van der Waals surface area (Å²) in [4.78, 5) is 2.58. The van der Waals surface area contributed by atoms with Crippen LogP contribution in [0.5, 0.6) is 0 Å². The third kappa shape index (κ3) is 2.47. The predicted molar refractivity (Wildman–Crippen MR) is 65.5 cm³/mol. The van der Waals surface area contributed by atoms with Crippen LogP contribution in [0.2, 0.25) is 0 Å². The fraction of sp³-hybridized carbons (Fsp3) is 0.692. The first-order chi connectivity index (χ1) is 7.59. The van der Waals surface area contributed by atoms with E-state index in [1.165, 1.54) is 0 Å². The standard InChI is InChI=1S/C13H22N2O/c1-11(9-12-5-4-8-16-12)15-7-6-14-10-13(15,2)3/h4-5,8,11,14H,6-7,9-10H2,1-3H3. The van der Waals surface area contributed by atoms with E-state index in [9.17, 15) is 0 Å². The Balaban J connectivity index is 2.00. The SMILES string of the molecule is CC(Cc1ccco1)N1CCNCC1(C)C. The zero-order valence-corrected chi connectivity index (χ0v) is 10.5. The molecule has 0 spiro atoms. The van der Waals surface area contributed by atoms with E-state index in [4.69, 9.17) is 4.42 Å². The smallest absolute Gasteiger partial charge is 0.105 e. The Morgan fingerprint density at radius 2 is 2.38 bits per heavy atom. The van der Waals surface area contributed by atoms with Gasteiger partial charge < -0.3 is 9.73 Å². The van der Waals surface area contributed by atoms with Crippen molar-refractivity contribution < 1.29 is 4.42 Å². The average Bonchev–Trinajstić information content (AvgIpc) is 2.69. The van der Waals surface area contributed by atoms with Gasteiger partial charge in [0.25, 0.3) is 0 Å². The van der Waals surface area contributed by atoms with Crippen molar-refractivity contribution in [1.82, 2.24) is 10.2 Å². The Hall–Kier alpha value is -0.800. The minimum absolute atomic E-state index is 0.240. The summed E-state index contributed by atoms with van der Waals surface area (Å²) in [5, 5.41) is 3.45. The van der Waals surface area contributed by atoms with Gasteiger partial charge in [0.1, 0.15) is 5.76 Å². The van der Waals surface area contributed by atoms with Gasteiger partial charge in [-0.05, 0) is 32.9 Å². The van der Waals surface area contributed by atoms with Gasteiger partial charge in [0, 0.05) is 37.6 Å². The molecule has 1 fully saturated rings. The van der Waals surface area contributed by atoms with Crippen LogP contribution in [0.1, 0.15) is 26.5 Å². The van der Waals surface area contributed by atoms with Crippen LogP contribution in [0.4, 0.5) is 0 Å². The first-order valence-electron chi connectivity index (χ1n) is 6.09. The molecule has 90 valence electrons. The van der Waals surface area contributed by atoms with E-state index in [1.807, 2.05) is 6.07 Å². The molecular formula is C13H22N2O. The van der Waals surface area contributed by atoms with E-state index in [-0.39, 0.29) is 5.54 Å². The first kappa shape index (κ1) is 11.7. The normalized spacial score (nSPS) is 23.2. The molecule has 1 atom stereocenters. The van der Waals surface area contributed by atoms with Crippen molar-refractivity contribution in [3.05, 3.63) is 24.2 Å². The zero-order chi connectivity index (χ0) is 11.6. The molecule has 3 heteroatoms. The van der Waals surface area contributed by atoms with Crippen molar-refractivity contribution in [3.63, 3.8) is 0 Å². The van der Waals surface area contributed by atoms with E-state index in [0.29, 0.717) is 6.04 Å². The van der Waals surface area contributed by atoms with Crippen molar-refractivity contribution in [3.8, 4) is 0 Å². The second-order valence-electron chi connectivity index (χ2n) is 5.32. The van der Waals surface area contributed by atoms with Gasteiger partial charge >= 0.3 is 0 Å². The molecule has 2 heterocycles. The average molecular weight is 222 g/mol. The quantitative estimate of drug-likeness (QED) is 0.846. The maximum absolute atomic E-state index is 5.42. The molecule has 1 aromatic rings. The van der Waals surface area contributed by atoms with Crippen LogP contribution in [0.3, 0.4) is 0 Å². The molecule has 1 aliphatic heterocycles. The molecule has 0 saturated carbocycles. The van der Waals surface area contributed by atoms with E-state index >= 15 is 0 Å². The molecule has 0 radical (unpaired) electrons.